The van der Waals surface area contributed by atoms with Crippen molar-refractivity contribution in [3.63, 3.8) is 0 Å². The van der Waals surface area contributed by atoms with E-state index in [1.807, 2.05) is 60.7 Å². The maximum Gasteiger partial charge on any atom is 0.247 e. The van der Waals surface area contributed by atoms with Crippen LogP contribution < -0.4 is 4.90 Å². The predicted molar refractivity (Wildman–Crippen MR) is 136 cm³/mol. The third kappa shape index (κ3) is 4.36. The number of nitrogens with one attached hydrogen (secondary N) is 1. The molecule has 1 N–H and O–H groups in total. The Morgan fingerprint density at radius 3 is 2.24 bits per heavy atom. The van der Waals surface area contributed by atoms with Crippen molar-refractivity contribution in [2.45, 2.75) is 24.1 Å². The van der Waals surface area contributed by atoms with Crippen molar-refractivity contribution in [2.24, 2.45) is 5.10 Å². The van der Waals surface area contributed by atoms with Crippen molar-refractivity contribution in [3.8, 4) is 0 Å². The number of hydrazone groups is 1. The zero-order chi connectivity index (χ0) is 23.7. The molecule has 1 saturated heterocycles. The van der Waals surface area contributed by atoms with Gasteiger partial charge in [-0.3, -0.25) is 15.0 Å². The van der Waals surface area contributed by atoms with E-state index < -0.39 is 5.25 Å². The van der Waals surface area contributed by atoms with Crippen molar-refractivity contribution < 1.29 is 9.59 Å². The van der Waals surface area contributed by atoms with Crippen molar-refractivity contribution in [1.82, 2.24) is 5.01 Å². The molecule has 8 heteroatoms. The van der Waals surface area contributed by atoms with E-state index in [0.717, 1.165) is 28.6 Å². The Balaban J connectivity index is 1.38. The van der Waals surface area contributed by atoms with Crippen LogP contribution in [0.25, 0.3) is 0 Å². The van der Waals surface area contributed by atoms with Gasteiger partial charge >= 0.3 is 0 Å². The van der Waals surface area contributed by atoms with Crippen LogP contribution in [0.1, 0.15) is 30.0 Å². The highest BCUT2D eigenvalue weighted by atomic mass is 35.5. The topological polar surface area (TPSA) is 76.8 Å². The Labute approximate surface area is 206 Å². The first-order chi connectivity index (χ1) is 16.5. The lowest BCUT2D eigenvalue weighted by Crippen LogP contribution is -2.32. The molecule has 1 fully saturated rings. The van der Waals surface area contributed by atoms with Crippen LogP contribution in [0.15, 0.2) is 90.0 Å². The number of hydrogen-bond acceptors (Lipinski definition) is 5. The first-order valence-corrected chi connectivity index (χ1v) is 12.1. The number of halogens is 1. The van der Waals surface area contributed by atoms with E-state index in [0.29, 0.717) is 17.1 Å². The SMILES string of the molecule is N=C(S[C@H]1CC(=O)N(c2ccc(Cl)cc2)C1=O)N1N=C(c2ccccc2)C[C@@H]1c1ccccc1. The Bertz CT molecular complexity index is 1260. The summed E-state index contributed by atoms with van der Waals surface area (Å²) < 4.78 is 0. The number of nitrogens with zero attached hydrogens (tertiary/aromatic N) is 3. The first-order valence-electron chi connectivity index (χ1n) is 10.9. The number of thioether (sulfide) groups is 1. The molecule has 0 unspecified atom stereocenters. The second kappa shape index (κ2) is 9.44. The fourth-order valence-corrected chi connectivity index (χ4v) is 5.29. The molecular weight excluding hydrogens is 468 g/mol. The van der Waals surface area contributed by atoms with E-state index in [1.165, 1.54) is 4.90 Å². The van der Waals surface area contributed by atoms with Crippen LogP contribution >= 0.6 is 23.4 Å². The molecule has 2 amide bonds. The molecule has 0 bridgehead atoms. The molecule has 3 aromatic carbocycles. The molecular formula is C26H21ClN4O2S. The molecule has 6 nitrogen and oxygen atoms in total. The summed E-state index contributed by atoms with van der Waals surface area (Å²) in [6, 6.07) is 26.3. The van der Waals surface area contributed by atoms with Gasteiger partial charge in [-0.25, -0.2) is 9.91 Å². The molecule has 3 aromatic rings. The number of carbonyl (C=O) groups excluding carboxylic acids is 2. The number of anilines is 1. The van der Waals surface area contributed by atoms with Crippen molar-refractivity contribution >= 4 is 51.7 Å². The molecule has 0 aromatic heterocycles. The zero-order valence-corrected chi connectivity index (χ0v) is 19.7. The number of carbonyl (C=O) groups is 2. The van der Waals surface area contributed by atoms with Gasteiger partial charge in [-0.2, -0.15) is 5.10 Å². The number of imide groups is 1. The maximum absolute atomic E-state index is 13.1. The van der Waals surface area contributed by atoms with Gasteiger partial charge in [0.1, 0.15) is 5.25 Å². The van der Waals surface area contributed by atoms with Gasteiger partial charge in [-0.1, -0.05) is 84.0 Å². The molecule has 2 aliphatic rings. The minimum atomic E-state index is -0.678. The number of benzene rings is 3. The van der Waals surface area contributed by atoms with Gasteiger partial charge in [0.2, 0.25) is 11.8 Å². The van der Waals surface area contributed by atoms with E-state index in [4.69, 9.17) is 22.1 Å². The largest absolute Gasteiger partial charge is 0.277 e. The van der Waals surface area contributed by atoms with Gasteiger partial charge in [0.15, 0.2) is 5.17 Å². The van der Waals surface area contributed by atoms with Crippen LogP contribution in [-0.4, -0.2) is 33.0 Å². The van der Waals surface area contributed by atoms with Crippen LogP contribution in [-0.2, 0) is 9.59 Å². The second-order valence-corrected chi connectivity index (χ2v) is 9.68. The fourth-order valence-electron chi connectivity index (χ4n) is 4.18. The molecule has 0 saturated carbocycles. The summed E-state index contributed by atoms with van der Waals surface area (Å²) in [5.74, 6) is -0.614. The lowest BCUT2D eigenvalue weighted by Gasteiger charge is -2.24. The Hall–Kier alpha value is -3.42. The minimum Gasteiger partial charge on any atom is -0.277 e. The molecule has 2 heterocycles. The summed E-state index contributed by atoms with van der Waals surface area (Å²) in [6.07, 6.45) is 0.680. The number of amidine groups is 1. The molecule has 0 spiro atoms. The molecule has 2 atom stereocenters. The average molecular weight is 489 g/mol. The summed E-state index contributed by atoms with van der Waals surface area (Å²) in [4.78, 5) is 26.9. The van der Waals surface area contributed by atoms with Gasteiger partial charge < -0.3 is 0 Å². The van der Waals surface area contributed by atoms with Crippen LogP contribution in [0.2, 0.25) is 5.02 Å². The van der Waals surface area contributed by atoms with Crippen molar-refractivity contribution in [3.05, 3.63) is 101 Å². The van der Waals surface area contributed by atoms with Crippen LogP contribution in [0, 0.1) is 5.41 Å². The highest BCUT2D eigenvalue weighted by Gasteiger charge is 2.42. The Morgan fingerprint density at radius 2 is 1.56 bits per heavy atom. The van der Waals surface area contributed by atoms with Crippen LogP contribution in [0.5, 0.6) is 0 Å². The highest BCUT2D eigenvalue weighted by Crippen LogP contribution is 2.37. The van der Waals surface area contributed by atoms with Gasteiger partial charge in [0.05, 0.1) is 17.4 Å². The quantitative estimate of drug-likeness (QED) is 0.299. The van der Waals surface area contributed by atoms with Crippen molar-refractivity contribution in [2.75, 3.05) is 4.90 Å². The van der Waals surface area contributed by atoms with E-state index in [-0.39, 0.29) is 29.4 Å². The van der Waals surface area contributed by atoms with Gasteiger partial charge in [-0.05, 0) is 35.4 Å². The number of hydrogen-bond donors (Lipinski definition) is 1. The predicted octanol–water partition coefficient (Wildman–Crippen LogP) is 5.49. The number of rotatable bonds is 4. The molecule has 0 aliphatic carbocycles. The van der Waals surface area contributed by atoms with Gasteiger partial charge in [0.25, 0.3) is 0 Å². The first kappa shape index (κ1) is 22.4. The second-order valence-electron chi connectivity index (χ2n) is 8.05. The maximum atomic E-state index is 13.1. The van der Waals surface area contributed by atoms with E-state index in [1.54, 1.807) is 29.3 Å². The van der Waals surface area contributed by atoms with E-state index in [9.17, 15) is 9.59 Å². The third-order valence-electron chi connectivity index (χ3n) is 5.85. The summed E-state index contributed by atoms with van der Waals surface area (Å²) in [5, 5.41) is 15.3. The monoisotopic (exact) mass is 488 g/mol. The molecule has 34 heavy (non-hydrogen) atoms. The summed E-state index contributed by atoms with van der Waals surface area (Å²) in [7, 11) is 0. The van der Waals surface area contributed by atoms with Crippen LogP contribution in [0.4, 0.5) is 5.69 Å². The lowest BCUT2D eigenvalue weighted by molar-refractivity contribution is -0.121. The zero-order valence-electron chi connectivity index (χ0n) is 18.1. The van der Waals surface area contributed by atoms with Crippen molar-refractivity contribution in [1.29, 1.82) is 5.41 Å². The standard InChI is InChI=1S/C26H21ClN4O2S/c27-19-11-13-20(14-12-19)30-24(32)16-23(25(30)33)34-26(28)31-22(18-9-5-2-6-10-18)15-21(29-31)17-7-3-1-4-8-17/h1-14,22-23,28H,15-16H2/t22-,23+/m1/s1. The number of amides is 2. The average Bonchev–Trinajstić information content (AvgIpc) is 3.42. The Morgan fingerprint density at radius 1 is 0.912 bits per heavy atom. The summed E-state index contributed by atoms with van der Waals surface area (Å²) in [5.41, 5.74) is 3.42. The van der Waals surface area contributed by atoms with E-state index >= 15 is 0 Å². The molecule has 5 rings (SSSR count). The third-order valence-corrected chi connectivity index (χ3v) is 7.17. The van der Waals surface area contributed by atoms with E-state index in [2.05, 4.69) is 0 Å². The summed E-state index contributed by atoms with van der Waals surface area (Å²) >= 11 is 7.02. The molecule has 0 radical (unpaired) electrons. The fraction of sp³-hybridized carbons (Fsp3) is 0.154. The molecule has 170 valence electrons. The Kier molecular flexibility index (Phi) is 6.22. The summed E-state index contributed by atoms with van der Waals surface area (Å²) in [6.45, 7) is 0. The highest BCUT2D eigenvalue weighted by molar-refractivity contribution is 8.14. The van der Waals surface area contributed by atoms with Gasteiger partial charge in [0, 0.05) is 17.9 Å². The van der Waals surface area contributed by atoms with Crippen LogP contribution in [0.3, 0.4) is 0 Å². The molecule has 2 aliphatic heterocycles. The minimum absolute atomic E-state index is 0.0353. The van der Waals surface area contributed by atoms with Gasteiger partial charge in [-0.15, -0.1) is 0 Å². The smallest absolute Gasteiger partial charge is 0.247 e. The lowest BCUT2D eigenvalue weighted by atomic mass is 9.99. The normalized spacial score (nSPS) is 20.1.